The van der Waals surface area contributed by atoms with Gasteiger partial charge in [-0.1, -0.05) is 12.1 Å². The van der Waals surface area contributed by atoms with Crippen molar-refractivity contribution in [3.05, 3.63) is 48.2 Å². The van der Waals surface area contributed by atoms with Gasteiger partial charge in [-0.25, -0.2) is 4.98 Å². The number of methoxy groups -OCH3 is 1. The first-order valence-corrected chi connectivity index (χ1v) is 6.17. The van der Waals surface area contributed by atoms with Gasteiger partial charge in [0, 0.05) is 18.8 Å². The predicted molar refractivity (Wildman–Crippen MR) is 74.9 cm³/mol. The lowest BCUT2D eigenvalue weighted by Gasteiger charge is -2.19. The molecule has 94 valence electrons. The van der Waals surface area contributed by atoms with Crippen LogP contribution in [0.3, 0.4) is 0 Å². The number of alkyl halides is 1. The summed E-state index contributed by atoms with van der Waals surface area (Å²) in [4.78, 5) is 6.47. The van der Waals surface area contributed by atoms with E-state index in [1.165, 1.54) is 0 Å². The van der Waals surface area contributed by atoms with Gasteiger partial charge in [0.05, 0.1) is 18.7 Å². The van der Waals surface area contributed by atoms with Crippen molar-refractivity contribution in [1.82, 2.24) is 4.98 Å². The van der Waals surface area contributed by atoms with Crippen LogP contribution in [0.25, 0.3) is 0 Å². The fourth-order valence-corrected chi connectivity index (χ4v) is 1.83. The molecule has 1 aromatic heterocycles. The minimum Gasteiger partial charge on any atom is -0.497 e. The van der Waals surface area contributed by atoms with Crippen molar-refractivity contribution in [2.45, 2.75) is 5.88 Å². The van der Waals surface area contributed by atoms with Gasteiger partial charge >= 0.3 is 0 Å². The maximum atomic E-state index is 5.80. The molecule has 0 unspecified atom stereocenters. The number of benzene rings is 1. The highest BCUT2D eigenvalue weighted by Gasteiger charge is 2.06. The summed E-state index contributed by atoms with van der Waals surface area (Å²) >= 11 is 5.80. The summed E-state index contributed by atoms with van der Waals surface area (Å²) in [6.45, 7) is 0. The smallest absolute Gasteiger partial charge is 0.133 e. The zero-order valence-corrected chi connectivity index (χ0v) is 11.2. The lowest BCUT2D eigenvalue weighted by Crippen LogP contribution is -2.11. The molecule has 0 spiro atoms. The van der Waals surface area contributed by atoms with Crippen molar-refractivity contribution in [1.29, 1.82) is 0 Å². The van der Waals surface area contributed by atoms with Crippen molar-refractivity contribution in [3.8, 4) is 5.75 Å². The third kappa shape index (κ3) is 2.74. The van der Waals surface area contributed by atoms with E-state index in [-0.39, 0.29) is 0 Å². The first-order chi connectivity index (χ1) is 8.74. The Morgan fingerprint density at radius 1 is 1.22 bits per heavy atom. The molecule has 0 aliphatic carbocycles. The van der Waals surface area contributed by atoms with Gasteiger partial charge in [-0.15, -0.1) is 11.6 Å². The highest BCUT2D eigenvalue weighted by molar-refractivity contribution is 6.16. The highest BCUT2D eigenvalue weighted by Crippen LogP contribution is 2.25. The van der Waals surface area contributed by atoms with Crippen molar-refractivity contribution in [2.75, 3.05) is 19.1 Å². The third-order valence-corrected chi connectivity index (χ3v) is 2.99. The first-order valence-electron chi connectivity index (χ1n) is 5.64. The maximum absolute atomic E-state index is 5.80. The van der Waals surface area contributed by atoms with E-state index in [0.717, 1.165) is 22.9 Å². The Kier molecular flexibility index (Phi) is 4.05. The Balaban J connectivity index is 2.31. The molecule has 0 atom stereocenters. The Morgan fingerprint density at radius 3 is 2.72 bits per heavy atom. The van der Waals surface area contributed by atoms with Crippen LogP contribution < -0.4 is 9.64 Å². The van der Waals surface area contributed by atoms with E-state index in [9.17, 15) is 0 Å². The van der Waals surface area contributed by atoms with E-state index in [1.54, 1.807) is 7.11 Å². The van der Waals surface area contributed by atoms with Gasteiger partial charge in [0.1, 0.15) is 11.6 Å². The van der Waals surface area contributed by atoms with Crippen molar-refractivity contribution >= 4 is 23.1 Å². The van der Waals surface area contributed by atoms with E-state index in [1.807, 2.05) is 54.4 Å². The molecule has 1 heterocycles. The quantitative estimate of drug-likeness (QED) is 0.788. The predicted octanol–water partition coefficient (Wildman–Crippen LogP) is 3.60. The zero-order chi connectivity index (χ0) is 13.0. The van der Waals surface area contributed by atoms with Crippen LogP contribution in [0.2, 0.25) is 0 Å². The third-order valence-electron chi connectivity index (χ3n) is 2.71. The fourth-order valence-electron chi connectivity index (χ4n) is 1.68. The molecule has 18 heavy (non-hydrogen) atoms. The van der Waals surface area contributed by atoms with Gasteiger partial charge in [-0.05, 0) is 24.3 Å². The second-order valence-electron chi connectivity index (χ2n) is 3.88. The molecule has 0 amide bonds. The van der Waals surface area contributed by atoms with Crippen LogP contribution in [0.4, 0.5) is 11.5 Å². The number of nitrogens with zero attached hydrogens (tertiary/aromatic N) is 2. The fraction of sp³-hybridized carbons (Fsp3) is 0.214. The average Bonchev–Trinajstić information content (AvgIpc) is 2.46. The second kappa shape index (κ2) is 5.74. The Labute approximate surface area is 112 Å². The topological polar surface area (TPSA) is 25.4 Å². The number of aromatic nitrogens is 1. The summed E-state index contributed by atoms with van der Waals surface area (Å²) in [7, 11) is 3.63. The number of ether oxygens (including phenoxy) is 1. The number of hydrogen-bond acceptors (Lipinski definition) is 3. The van der Waals surface area contributed by atoms with Crippen LogP contribution in [0.1, 0.15) is 5.69 Å². The monoisotopic (exact) mass is 262 g/mol. The van der Waals surface area contributed by atoms with Gasteiger partial charge in [-0.3, -0.25) is 0 Å². The van der Waals surface area contributed by atoms with Crippen molar-refractivity contribution in [3.63, 3.8) is 0 Å². The highest BCUT2D eigenvalue weighted by atomic mass is 35.5. The molecule has 3 nitrogen and oxygen atoms in total. The maximum Gasteiger partial charge on any atom is 0.133 e. The number of rotatable bonds is 4. The molecule has 0 fully saturated rings. The summed E-state index contributed by atoms with van der Waals surface area (Å²) in [5.74, 6) is 2.11. The van der Waals surface area contributed by atoms with Gasteiger partial charge in [0.2, 0.25) is 0 Å². The summed E-state index contributed by atoms with van der Waals surface area (Å²) in [5, 5.41) is 0. The molecule has 0 bridgehead atoms. The minimum atomic E-state index is 0.416. The number of halogens is 1. The van der Waals surface area contributed by atoms with Crippen LogP contribution >= 0.6 is 11.6 Å². The molecular weight excluding hydrogens is 248 g/mol. The number of hydrogen-bond donors (Lipinski definition) is 0. The molecule has 2 rings (SSSR count). The molecule has 0 saturated carbocycles. The van der Waals surface area contributed by atoms with Gasteiger partial charge in [-0.2, -0.15) is 0 Å². The standard InChI is InChI=1S/C14H15ClN2O/c1-17(12-6-4-7-13(9-12)18-2)14-8-3-5-11(10-15)16-14/h3-9H,10H2,1-2H3. The molecule has 1 aromatic carbocycles. The van der Waals surface area contributed by atoms with Gasteiger partial charge in [0.25, 0.3) is 0 Å². The summed E-state index contributed by atoms with van der Waals surface area (Å²) < 4.78 is 5.22. The van der Waals surface area contributed by atoms with Crippen LogP contribution in [0, 0.1) is 0 Å². The van der Waals surface area contributed by atoms with E-state index >= 15 is 0 Å². The van der Waals surface area contributed by atoms with Crippen LogP contribution in [-0.2, 0) is 5.88 Å². The Morgan fingerprint density at radius 2 is 2.00 bits per heavy atom. The van der Waals surface area contributed by atoms with Crippen molar-refractivity contribution < 1.29 is 4.74 Å². The largest absolute Gasteiger partial charge is 0.497 e. The molecule has 0 N–H and O–H groups in total. The van der Waals surface area contributed by atoms with E-state index in [2.05, 4.69) is 4.98 Å². The first kappa shape index (κ1) is 12.7. The van der Waals surface area contributed by atoms with Crippen molar-refractivity contribution in [2.24, 2.45) is 0 Å². The lowest BCUT2D eigenvalue weighted by molar-refractivity contribution is 0.415. The Bertz CT molecular complexity index is 483. The zero-order valence-electron chi connectivity index (χ0n) is 10.4. The van der Waals surface area contributed by atoms with Gasteiger partial charge in [0.15, 0.2) is 0 Å². The molecule has 2 aromatic rings. The Hall–Kier alpha value is -1.74. The molecular formula is C14H15ClN2O. The molecule has 0 radical (unpaired) electrons. The second-order valence-corrected chi connectivity index (χ2v) is 4.15. The molecule has 0 aliphatic heterocycles. The lowest BCUT2D eigenvalue weighted by atomic mass is 10.2. The van der Waals surface area contributed by atoms with Crippen LogP contribution in [0.15, 0.2) is 42.5 Å². The summed E-state index contributed by atoms with van der Waals surface area (Å²) in [6.07, 6.45) is 0. The number of pyridine rings is 1. The van der Waals surface area contributed by atoms with E-state index in [0.29, 0.717) is 5.88 Å². The molecule has 4 heteroatoms. The summed E-state index contributed by atoms with van der Waals surface area (Å²) in [5.41, 5.74) is 1.89. The summed E-state index contributed by atoms with van der Waals surface area (Å²) in [6, 6.07) is 13.7. The van der Waals surface area contributed by atoms with Crippen LogP contribution in [0.5, 0.6) is 5.75 Å². The normalized spacial score (nSPS) is 10.2. The average molecular weight is 263 g/mol. The molecule has 0 aliphatic rings. The van der Waals surface area contributed by atoms with E-state index in [4.69, 9.17) is 16.3 Å². The van der Waals surface area contributed by atoms with Crippen LogP contribution in [-0.4, -0.2) is 19.1 Å². The SMILES string of the molecule is COc1cccc(N(C)c2cccc(CCl)n2)c1. The van der Waals surface area contributed by atoms with Gasteiger partial charge < -0.3 is 9.64 Å². The molecule has 0 saturated heterocycles. The minimum absolute atomic E-state index is 0.416. The van der Waals surface area contributed by atoms with E-state index < -0.39 is 0 Å². The number of anilines is 2.